The first-order valence-electron chi connectivity index (χ1n) is 7.46. The van der Waals surface area contributed by atoms with Crippen molar-refractivity contribution in [2.45, 2.75) is 19.3 Å². The van der Waals surface area contributed by atoms with Crippen molar-refractivity contribution in [2.75, 3.05) is 26.2 Å². The number of nitrogens with zero attached hydrogens (tertiary/aromatic N) is 1. The van der Waals surface area contributed by atoms with Gasteiger partial charge in [-0.15, -0.1) is 0 Å². The van der Waals surface area contributed by atoms with Gasteiger partial charge in [0.05, 0.1) is 5.92 Å². The zero-order chi connectivity index (χ0) is 13.9. The molecule has 0 unspecified atom stereocenters. The lowest BCUT2D eigenvalue weighted by molar-refractivity contribution is -0.137. The van der Waals surface area contributed by atoms with Crippen LogP contribution in [0.5, 0.6) is 0 Å². The Labute approximate surface area is 125 Å². The van der Waals surface area contributed by atoms with E-state index in [0.717, 1.165) is 43.5 Å². The third-order valence-electron chi connectivity index (χ3n) is 4.20. The van der Waals surface area contributed by atoms with Gasteiger partial charge in [0.25, 0.3) is 0 Å². The van der Waals surface area contributed by atoms with Crippen molar-refractivity contribution in [1.82, 2.24) is 10.2 Å². The van der Waals surface area contributed by atoms with Crippen LogP contribution >= 0.6 is 11.6 Å². The average molecular weight is 293 g/mol. The second kappa shape index (κ2) is 6.15. The number of nitrogens with one attached hydrogen (secondary N) is 1. The summed E-state index contributed by atoms with van der Waals surface area (Å²) < 4.78 is 0. The van der Waals surface area contributed by atoms with Crippen LogP contribution in [-0.4, -0.2) is 37.0 Å². The highest BCUT2D eigenvalue weighted by atomic mass is 35.5. The number of carbonyl (C=O) groups is 1. The fourth-order valence-corrected chi connectivity index (χ4v) is 2.67. The molecule has 1 aromatic rings. The normalized spacial score (nSPS) is 18.6. The second-order valence-electron chi connectivity index (χ2n) is 5.96. The predicted molar refractivity (Wildman–Crippen MR) is 80.8 cm³/mol. The highest BCUT2D eigenvalue weighted by Gasteiger charge is 2.32. The molecule has 3 nitrogen and oxygen atoms in total. The SMILES string of the molecule is O=C(C1CNC1)N(CCc1ccc(Cl)cc1)CC1CC1. The minimum absolute atomic E-state index is 0.207. The second-order valence-corrected chi connectivity index (χ2v) is 6.40. The Morgan fingerprint density at radius 3 is 2.50 bits per heavy atom. The number of amides is 1. The Morgan fingerprint density at radius 2 is 1.95 bits per heavy atom. The van der Waals surface area contributed by atoms with Gasteiger partial charge in [0.2, 0.25) is 5.91 Å². The van der Waals surface area contributed by atoms with Gasteiger partial charge in [-0.25, -0.2) is 0 Å². The van der Waals surface area contributed by atoms with Crippen LogP contribution in [0.3, 0.4) is 0 Å². The van der Waals surface area contributed by atoms with Crippen LogP contribution in [0.25, 0.3) is 0 Å². The van der Waals surface area contributed by atoms with Crippen LogP contribution < -0.4 is 5.32 Å². The summed E-state index contributed by atoms with van der Waals surface area (Å²) in [6.07, 6.45) is 3.48. The summed E-state index contributed by atoms with van der Waals surface area (Å²) in [5.74, 6) is 1.29. The van der Waals surface area contributed by atoms with E-state index in [1.807, 2.05) is 24.3 Å². The van der Waals surface area contributed by atoms with Gasteiger partial charge in [-0.1, -0.05) is 23.7 Å². The van der Waals surface area contributed by atoms with Gasteiger partial charge in [-0.2, -0.15) is 0 Å². The van der Waals surface area contributed by atoms with E-state index in [4.69, 9.17) is 11.6 Å². The number of carbonyl (C=O) groups excluding carboxylic acids is 1. The van der Waals surface area contributed by atoms with Crippen LogP contribution in [0.1, 0.15) is 18.4 Å². The minimum atomic E-state index is 0.207. The number of hydrogen-bond donors (Lipinski definition) is 1. The molecule has 2 aliphatic rings. The molecule has 1 saturated carbocycles. The van der Waals surface area contributed by atoms with E-state index in [-0.39, 0.29) is 5.92 Å². The monoisotopic (exact) mass is 292 g/mol. The van der Waals surface area contributed by atoms with Crippen molar-refractivity contribution in [2.24, 2.45) is 11.8 Å². The van der Waals surface area contributed by atoms with Gasteiger partial charge >= 0.3 is 0 Å². The fraction of sp³-hybridized carbons (Fsp3) is 0.562. The maximum absolute atomic E-state index is 12.4. The molecule has 1 aliphatic heterocycles. The lowest BCUT2D eigenvalue weighted by Crippen LogP contribution is -2.52. The molecule has 1 saturated heterocycles. The number of benzene rings is 1. The van der Waals surface area contributed by atoms with E-state index in [9.17, 15) is 4.79 Å². The van der Waals surface area contributed by atoms with Gasteiger partial charge in [-0.3, -0.25) is 4.79 Å². The summed E-state index contributed by atoms with van der Waals surface area (Å²) in [5.41, 5.74) is 1.25. The van der Waals surface area contributed by atoms with Gasteiger partial charge in [0.1, 0.15) is 0 Å². The minimum Gasteiger partial charge on any atom is -0.342 e. The van der Waals surface area contributed by atoms with E-state index in [1.165, 1.54) is 18.4 Å². The first-order valence-corrected chi connectivity index (χ1v) is 7.84. The highest BCUT2D eigenvalue weighted by molar-refractivity contribution is 6.30. The summed E-state index contributed by atoms with van der Waals surface area (Å²) in [6.45, 7) is 3.47. The van der Waals surface area contributed by atoms with Crippen LogP contribution in [0, 0.1) is 11.8 Å². The maximum Gasteiger partial charge on any atom is 0.228 e. The Hall–Kier alpha value is -1.06. The molecule has 3 rings (SSSR count). The van der Waals surface area contributed by atoms with Crippen molar-refractivity contribution in [3.05, 3.63) is 34.9 Å². The molecule has 1 amide bonds. The van der Waals surface area contributed by atoms with E-state index in [2.05, 4.69) is 10.2 Å². The molecule has 2 fully saturated rings. The Morgan fingerprint density at radius 1 is 1.25 bits per heavy atom. The summed E-state index contributed by atoms with van der Waals surface area (Å²) in [4.78, 5) is 14.5. The molecule has 0 aromatic heterocycles. The Bertz CT molecular complexity index is 466. The molecule has 1 aliphatic carbocycles. The van der Waals surface area contributed by atoms with E-state index >= 15 is 0 Å². The molecule has 0 spiro atoms. The van der Waals surface area contributed by atoms with Crippen molar-refractivity contribution in [1.29, 1.82) is 0 Å². The van der Waals surface area contributed by atoms with E-state index in [0.29, 0.717) is 5.91 Å². The van der Waals surface area contributed by atoms with Gasteiger partial charge in [0, 0.05) is 31.2 Å². The molecule has 0 atom stereocenters. The molecular weight excluding hydrogens is 272 g/mol. The number of halogens is 1. The highest BCUT2D eigenvalue weighted by Crippen LogP contribution is 2.30. The molecule has 0 radical (unpaired) electrons. The van der Waals surface area contributed by atoms with Crippen LogP contribution in [0.2, 0.25) is 5.02 Å². The average Bonchev–Trinajstić information content (AvgIpc) is 3.18. The molecule has 1 N–H and O–H groups in total. The molecule has 20 heavy (non-hydrogen) atoms. The van der Waals surface area contributed by atoms with Crippen LogP contribution in [0.15, 0.2) is 24.3 Å². The largest absolute Gasteiger partial charge is 0.342 e. The van der Waals surface area contributed by atoms with Crippen molar-refractivity contribution >= 4 is 17.5 Å². The van der Waals surface area contributed by atoms with Crippen LogP contribution in [0.4, 0.5) is 0 Å². The zero-order valence-corrected chi connectivity index (χ0v) is 12.4. The molecule has 108 valence electrons. The summed E-state index contributed by atoms with van der Waals surface area (Å²) in [5, 5.41) is 3.95. The molecule has 1 aromatic carbocycles. The summed E-state index contributed by atoms with van der Waals surface area (Å²) in [7, 11) is 0. The quantitative estimate of drug-likeness (QED) is 0.873. The van der Waals surface area contributed by atoms with Crippen LogP contribution in [-0.2, 0) is 11.2 Å². The standard InChI is InChI=1S/C16H21ClN2O/c17-15-5-3-12(4-6-15)7-8-19(11-13-1-2-13)16(20)14-9-18-10-14/h3-6,13-14,18H,1-2,7-11H2. The lowest BCUT2D eigenvalue weighted by Gasteiger charge is -2.32. The Kier molecular flexibility index (Phi) is 4.27. The first kappa shape index (κ1) is 13.9. The first-order chi connectivity index (χ1) is 9.72. The molecule has 0 bridgehead atoms. The molecule has 1 heterocycles. The van der Waals surface area contributed by atoms with Gasteiger partial charge in [-0.05, 0) is 42.9 Å². The molecule has 4 heteroatoms. The van der Waals surface area contributed by atoms with E-state index in [1.54, 1.807) is 0 Å². The topological polar surface area (TPSA) is 32.3 Å². The molecular formula is C16H21ClN2O. The smallest absolute Gasteiger partial charge is 0.228 e. The summed E-state index contributed by atoms with van der Waals surface area (Å²) in [6, 6.07) is 7.93. The number of rotatable bonds is 6. The maximum atomic E-state index is 12.4. The third-order valence-corrected chi connectivity index (χ3v) is 4.45. The predicted octanol–water partition coefficient (Wildman–Crippen LogP) is 2.34. The third kappa shape index (κ3) is 3.53. The van der Waals surface area contributed by atoms with Crippen molar-refractivity contribution in [3.63, 3.8) is 0 Å². The van der Waals surface area contributed by atoms with Crippen molar-refractivity contribution in [3.8, 4) is 0 Å². The van der Waals surface area contributed by atoms with E-state index < -0.39 is 0 Å². The number of hydrogen-bond acceptors (Lipinski definition) is 2. The van der Waals surface area contributed by atoms with Crippen molar-refractivity contribution < 1.29 is 4.79 Å². The lowest BCUT2D eigenvalue weighted by atomic mass is 10.0. The Balaban J connectivity index is 1.57. The zero-order valence-electron chi connectivity index (χ0n) is 11.6. The van der Waals surface area contributed by atoms with Gasteiger partial charge < -0.3 is 10.2 Å². The summed E-state index contributed by atoms with van der Waals surface area (Å²) >= 11 is 5.90. The van der Waals surface area contributed by atoms with Gasteiger partial charge in [0.15, 0.2) is 0 Å². The fourth-order valence-electron chi connectivity index (χ4n) is 2.54.